The molecule has 5 heteroatoms. The fraction of sp³-hybridized carbons (Fsp3) is 0.150. The lowest BCUT2D eigenvalue weighted by molar-refractivity contribution is -0.144. The highest BCUT2D eigenvalue weighted by Gasteiger charge is 2.29. The summed E-state index contributed by atoms with van der Waals surface area (Å²) in [6, 6.07) is 10.6. The first-order valence-corrected chi connectivity index (χ1v) is 7.84. The Morgan fingerprint density at radius 2 is 2.00 bits per heavy atom. The maximum atomic E-state index is 12.1. The summed E-state index contributed by atoms with van der Waals surface area (Å²) in [5.41, 5.74) is 4.01. The molecule has 1 aliphatic heterocycles. The Morgan fingerprint density at radius 3 is 2.72 bits per heavy atom. The van der Waals surface area contributed by atoms with Crippen LogP contribution in [0.2, 0.25) is 0 Å². The van der Waals surface area contributed by atoms with E-state index in [-0.39, 0.29) is 18.6 Å². The third-order valence-electron chi connectivity index (χ3n) is 4.14. The predicted molar refractivity (Wildman–Crippen MR) is 93.0 cm³/mol. The number of imide groups is 1. The Balaban J connectivity index is 1.68. The molecule has 1 heterocycles. The van der Waals surface area contributed by atoms with Gasteiger partial charge in [-0.2, -0.15) is 0 Å². The highest BCUT2D eigenvalue weighted by atomic mass is 16.5. The minimum atomic E-state index is -0.473. The Kier molecular flexibility index (Phi) is 4.48. The lowest BCUT2D eigenvalue weighted by atomic mass is 10.0. The number of ether oxygens (including phenoxy) is 1. The van der Waals surface area contributed by atoms with Crippen LogP contribution in [0.1, 0.15) is 43.0 Å². The molecule has 2 aromatic carbocycles. The Bertz CT molecular complexity index is 899. The number of carbonyl (C=O) groups is 3. The molecule has 0 aliphatic carbocycles. The normalized spacial score (nSPS) is 12.5. The van der Waals surface area contributed by atoms with E-state index in [1.165, 1.54) is 0 Å². The van der Waals surface area contributed by atoms with Crippen molar-refractivity contribution in [3.8, 4) is 0 Å². The second kappa shape index (κ2) is 6.73. The van der Waals surface area contributed by atoms with Crippen LogP contribution in [-0.4, -0.2) is 17.8 Å². The van der Waals surface area contributed by atoms with Crippen LogP contribution in [0, 0.1) is 6.92 Å². The average molecular weight is 335 g/mol. The van der Waals surface area contributed by atoms with Gasteiger partial charge in [-0.3, -0.25) is 19.7 Å². The number of fused-ring (bicyclic) bond motifs is 1. The van der Waals surface area contributed by atoms with Crippen molar-refractivity contribution in [3.63, 3.8) is 0 Å². The molecule has 5 nitrogen and oxygen atoms in total. The summed E-state index contributed by atoms with van der Waals surface area (Å²) < 4.78 is 5.30. The van der Waals surface area contributed by atoms with Gasteiger partial charge in [-0.15, -0.1) is 0 Å². The Morgan fingerprint density at radius 1 is 1.20 bits per heavy atom. The van der Waals surface area contributed by atoms with E-state index < -0.39 is 17.8 Å². The van der Waals surface area contributed by atoms with Gasteiger partial charge in [0.1, 0.15) is 6.61 Å². The van der Waals surface area contributed by atoms with Gasteiger partial charge in [-0.25, -0.2) is 0 Å². The molecule has 0 saturated heterocycles. The molecule has 1 aliphatic rings. The van der Waals surface area contributed by atoms with E-state index in [9.17, 15) is 14.4 Å². The van der Waals surface area contributed by atoms with Gasteiger partial charge in [0.05, 0.1) is 17.5 Å². The minimum absolute atomic E-state index is 0.0619. The second-order valence-corrected chi connectivity index (χ2v) is 5.86. The van der Waals surface area contributed by atoms with Crippen molar-refractivity contribution in [3.05, 3.63) is 76.4 Å². The first-order valence-electron chi connectivity index (χ1n) is 7.84. The molecule has 0 unspecified atom stereocenters. The van der Waals surface area contributed by atoms with E-state index in [4.69, 9.17) is 4.74 Å². The van der Waals surface area contributed by atoms with Gasteiger partial charge in [-0.1, -0.05) is 43.0 Å². The first kappa shape index (κ1) is 16.6. The average Bonchev–Trinajstić information content (AvgIpc) is 2.88. The van der Waals surface area contributed by atoms with Crippen LogP contribution in [0.3, 0.4) is 0 Å². The second-order valence-electron chi connectivity index (χ2n) is 5.86. The molecule has 0 bridgehead atoms. The number of nitrogens with one attached hydrogen (secondary N) is 1. The molecule has 2 amide bonds. The van der Waals surface area contributed by atoms with Crippen molar-refractivity contribution >= 4 is 23.9 Å². The van der Waals surface area contributed by atoms with E-state index in [0.29, 0.717) is 11.1 Å². The standard InChI is InChI=1S/C20H17NO4/c1-3-14-8-7-13(9-12(14)2)11-25-17(22)10-15-5-4-6-16-18(15)20(24)21-19(16)23/h3-9H,1,10-11H2,2H3,(H,21,23,24). The SMILES string of the molecule is C=Cc1ccc(COC(=O)Cc2cccc3c2C(=O)NC3=O)cc1C. The van der Waals surface area contributed by atoms with Crippen molar-refractivity contribution in [2.75, 3.05) is 0 Å². The molecular weight excluding hydrogens is 318 g/mol. The third kappa shape index (κ3) is 3.35. The molecule has 3 rings (SSSR count). The zero-order valence-electron chi connectivity index (χ0n) is 13.8. The summed E-state index contributed by atoms with van der Waals surface area (Å²) in [6.45, 7) is 5.85. The lowest BCUT2D eigenvalue weighted by Gasteiger charge is -2.09. The van der Waals surface area contributed by atoms with Crippen LogP contribution < -0.4 is 5.32 Å². The summed E-state index contributed by atoms with van der Waals surface area (Å²) in [7, 11) is 0. The van der Waals surface area contributed by atoms with Gasteiger partial charge < -0.3 is 4.74 Å². The zero-order valence-corrected chi connectivity index (χ0v) is 13.8. The molecule has 0 spiro atoms. The van der Waals surface area contributed by atoms with E-state index in [1.54, 1.807) is 24.3 Å². The number of carbonyl (C=O) groups excluding carboxylic acids is 3. The Labute approximate surface area is 145 Å². The minimum Gasteiger partial charge on any atom is -0.461 e. The van der Waals surface area contributed by atoms with Gasteiger partial charge in [0, 0.05) is 0 Å². The molecule has 126 valence electrons. The monoisotopic (exact) mass is 335 g/mol. The van der Waals surface area contributed by atoms with Gasteiger partial charge >= 0.3 is 5.97 Å². The summed E-state index contributed by atoms with van der Waals surface area (Å²) in [4.78, 5) is 35.6. The van der Waals surface area contributed by atoms with Gasteiger partial charge in [0.15, 0.2) is 0 Å². The Hall–Kier alpha value is -3.21. The van der Waals surface area contributed by atoms with Crippen LogP contribution in [0.5, 0.6) is 0 Å². The molecular formula is C20H17NO4. The first-order chi connectivity index (χ1) is 12.0. The van der Waals surface area contributed by atoms with Crippen LogP contribution in [-0.2, 0) is 22.6 Å². The molecule has 25 heavy (non-hydrogen) atoms. The van der Waals surface area contributed by atoms with E-state index >= 15 is 0 Å². The predicted octanol–water partition coefficient (Wildman–Crippen LogP) is 2.81. The summed E-state index contributed by atoms with van der Waals surface area (Å²) in [5.74, 6) is -1.36. The van der Waals surface area contributed by atoms with Crippen LogP contribution in [0.4, 0.5) is 0 Å². The quantitative estimate of drug-likeness (QED) is 0.674. The molecule has 0 radical (unpaired) electrons. The van der Waals surface area contributed by atoms with E-state index in [1.807, 2.05) is 25.1 Å². The highest BCUT2D eigenvalue weighted by molar-refractivity contribution is 6.22. The van der Waals surface area contributed by atoms with E-state index in [0.717, 1.165) is 16.7 Å². The zero-order chi connectivity index (χ0) is 18.0. The maximum Gasteiger partial charge on any atom is 0.310 e. The van der Waals surface area contributed by atoms with Crippen LogP contribution >= 0.6 is 0 Å². The molecule has 0 saturated carbocycles. The van der Waals surface area contributed by atoms with Crippen molar-refractivity contribution in [2.45, 2.75) is 20.0 Å². The summed E-state index contributed by atoms with van der Waals surface area (Å²) >= 11 is 0. The number of benzene rings is 2. The van der Waals surface area contributed by atoms with E-state index in [2.05, 4.69) is 11.9 Å². The smallest absolute Gasteiger partial charge is 0.310 e. The topological polar surface area (TPSA) is 72.5 Å². The highest BCUT2D eigenvalue weighted by Crippen LogP contribution is 2.21. The fourth-order valence-electron chi connectivity index (χ4n) is 2.86. The molecule has 2 aromatic rings. The third-order valence-corrected chi connectivity index (χ3v) is 4.14. The summed E-state index contributed by atoms with van der Waals surface area (Å²) in [6.07, 6.45) is 1.71. The van der Waals surface area contributed by atoms with Crippen LogP contribution in [0.15, 0.2) is 43.0 Å². The summed E-state index contributed by atoms with van der Waals surface area (Å²) in [5, 5.41) is 2.23. The van der Waals surface area contributed by atoms with Gasteiger partial charge in [-0.05, 0) is 35.2 Å². The van der Waals surface area contributed by atoms with Crippen LogP contribution in [0.25, 0.3) is 6.08 Å². The van der Waals surface area contributed by atoms with Gasteiger partial charge in [0.2, 0.25) is 0 Å². The van der Waals surface area contributed by atoms with Gasteiger partial charge in [0.25, 0.3) is 11.8 Å². The fourth-order valence-corrected chi connectivity index (χ4v) is 2.86. The molecule has 0 atom stereocenters. The van der Waals surface area contributed by atoms with Crippen molar-refractivity contribution in [1.82, 2.24) is 5.32 Å². The number of aryl methyl sites for hydroxylation is 1. The largest absolute Gasteiger partial charge is 0.461 e. The van der Waals surface area contributed by atoms with Crippen molar-refractivity contribution < 1.29 is 19.1 Å². The molecule has 0 fully saturated rings. The maximum absolute atomic E-state index is 12.1. The lowest BCUT2D eigenvalue weighted by Crippen LogP contribution is -2.20. The molecule has 1 N–H and O–H groups in total. The molecule has 0 aromatic heterocycles. The number of rotatable bonds is 5. The number of hydrogen-bond donors (Lipinski definition) is 1. The van der Waals surface area contributed by atoms with Crippen molar-refractivity contribution in [1.29, 1.82) is 0 Å². The number of amides is 2. The number of hydrogen-bond acceptors (Lipinski definition) is 4. The number of esters is 1. The van der Waals surface area contributed by atoms with Crippen molar-refractivity contribution in [2.24, 2.45) is 0 Å².